The minimum absolute atomic E-state index is 0.0733. The van der Waals surface area contributed by atoms with Gasteiger partial charge in [-0.3, -0.25) is 0 Å². The van der Waals surface area contributed by atoms with Crippen LogP contribution in [0.2, 0.25) is 0 Å². The third-order valence-corrected chi connectivity index (χ3v) is 22.1. The van der Waals surface area contributed by atoms with Crippen LogP contribution in [-0.2, 0) is 87.0 Å². The van der Waals surface area contributed by atoms with Crippen molar-refractivity contribution in [2.45, 2.75) is 328 Å². The molecule has 0 aromatic heterocycles. The van der Waals surface area contributed by atoms with Gasteiger partial charge in [0.15, 0.2) is 6.29 Å². The van der Waals surface area contributed by atoms with Crippen LogP contribution in [0.3, 0.4) is 0 Å². The van der Waals surface area contributed by atoms with Crippen LogP contribution in [0.15, 0.2) is 182 Å². The Kier molecular flexibility index (Phi) is 56.3. The van der Waals surface area contributed by atoms with E-state index in [9.17, 15) is 0 Å². The first-order valence-electron chi connectivity index (χ1n) is 47.4. The molecule has 0 saturated carbocycles. The number of hydrogen-bond acceptors (Lipinski definition) is 16. The molecule has 0 heterocycles. The lowest BCUT2D eigenvalue weighted by molar-refractivity contribution is -0.267. The SMILES string of the molecule is CCCCO[C@@H](OC[C@@H](OCCCC)[C@@H](OCCCC)[C@H](OCCCC)[C@@H](COC(c1ccccc1)(c1ccccc1)c1ccccc1)OCCCC)[C@H](OCCCC)[C@@H](OCCCC)[C@H](CCOC[C@@H](OCCCC)[C@@H](OCCCC)[C@H](OCCCC)[C@@H](COC(c1ccccc1)(c1ccccc1)c1ccccc1)OCCCC)OCCCC. The zero-order valence-electron chi connectivity index (χ0n) is 76.5. The molecule has 0 bridgehead atoms. The van der Waals surface area contributed by atoms with Crippen molar-refractivity contribution < 1.29 is 75.8 Å². The lowest BCUT2D eigenvalue weighted by Crippen LogP contribution is -2.55. The molecular formula is C104H162O16. The van der Waals surface area contributed by atoms with E-state index in [-0.39, 0.29) is 26.4 Å². The Balaban J connectivity index is 1.45. The standard InChI is InChI=1S/C104H162O16/c1-13-25-68-106-91(67-80-105-81-92(107-69-26-14-2)97(112-74-31-19-7)99(114-76-33-21-9)94(109-71-28-16-4)83-119-103(85-55-43-37-44-56-85,86-57-45-38-46-58-86)87-59-47-39-48-60-87)96(111-73-30-18-6)101(116-78-35-23-11)102(117-79-36-24-12)118-82-93(108-70-27-15-3)98(113-75-32-20-8)100(115-77-34-22-10)95(110-72-29-17-5)84-120-104(88-61-49-40-50-62-88,89-63-51-41-52-64-89)90-65-53-42-54-66-90/h37-66,91-102H,13-36,67-84H2,1-12H3/t91-,92+,93+,94+,95+,96-,97+,98+,99+,100+,101+,102-/m0/s1. The third-order valence-electron chi connectivity index (χ3n) is 22.1. The van der Waals surface area contributed by atoms with Crippen molar-refractivity contribution >= 4 is 0 Å². The number of unbranched alkanes of at least 4 members (excludes halogenated alkanes) is 12. The number of hydrogen-bond donors (Lipinski definition) is 0. The van der Waals surface area contributed by atoms with E-state index in [1.165, 1.54) is 0 Å². The van der Waals surface area contributed by atoms with Gasteiger partial charge >= 0.3 is 0 Å². The van der Waals surface area contributed by atoms with E-state index in [2.05, 4.69) is 265 Å². The summed E-state index contributed by atoms with van der Waals surface area (Å²) in [5.74, 6) is 0. The monoisotopic (exact) mass is 1670 g/mol. The zero-order chi connectivity index (χ0) is 85.6. The maximum absolute atomic E-state index is 7.74. The van der Waals surface area contributed by atoms with Crippen LogP contribution in [0.4, 0.5) is 0 Å². The van der Waals surface area contributed by atoms with Gasteiger partial charge in [-0.1, -0.05) is 342 Å². The van der Waals surface area contributed by atoms with E-state index in [0.29, 0.717) is 92.3 Å². The van der Waals surface area contributed by atoms with Crippen molar-refractivity contribution in [3.63, 3.8) is 0 Å². The molecule has 0 unspecified atom stereocenters. The van der Waals surface area contributed by atoms with E-state index in [1.807, 2.05) is 0 Å². The number of ether oxygens (including phenoxy) is 16. The van der Waals surface area contributed by atoms with Crippen molar-refractivity contribution in [3.8, 4) is 0 Å². The normalized spacial score (nSPS) is 15.2. The first-order chi connectivity index (χ1) is 59.2. The molecule has 12 atom stereocenters. The van der Waals surface area contributed by atoms with Gasteiger partial charge in [0.05, 0.1) is 32.5 Å². The smallest absolute Gasteiger partial charge is 0.186 e. The summed E-state index contributed by atoms with van der Waals surface area (Å²) in [6, 6.07) is 63.4. The molecule has 0 N–H and O–H groups in total. The van der Waals surface area contributed by atoms with Crippen molar-refractivity contribution in [1.82, 2.24) is 0 Å². The largest absolute Gasteiger partial charge is 0.379 e. The van der Waals surface area contributed by atoms with Crippen LogP contribution in [0.25, 0.3) is 0 Å². The Morgan fingerprint density at radius 2 is 0.392 bits per heavy atom. The second-order valence-electron chi connectivity index (χ2n) is 31.9. The van der Waals surface area contributed by atoms with Crippen molar-refractivity contribution in [2.75, 3.05) is 112 Å². The molecule has 674 valence electrons. The Morgan fingerprint density at radius 3 is 0.642 bits per heavy atom. The fraction of sp³-hybridized carbons (Fsp3) is 0.654. The fourth-order valence-corrected chi connectivity index (χ4v) is 14.9. The lowest BCUT2D eigenvalue weighted by Gasteiger charge is -2.41. The molecular weight excluding hydrogens is 1510 g/mol. The maximum atomic E-state index is 7.74. The van der Waals surface area contributed by atoms with Gasteiger partial charge in [0.1, 0.15) is 72.2 Å². The molecule has 6 aromatic carbocycles. The Hall–Kier alpha value is -5.32. The highest BCUT2D eigenvalue weighted by Crippen LogP contribution is 2.43. The maximum Gasteiger partial charge on any atom is 0.186 e. The molecule has 0 radical (unpaired) electrons. The predicted octanol–water partition coefficient (Wildman–Crippen LogP) is 23.6. The van der Waals surface area contributed by atoms with Crippen molar-refractivity contribution in [2.24, 2.45) is 0 Å². The average molecular weight is 1670 g/mol. The molecule has 6 aromatic rings. The summed E-state index contributed by atoms with van der Waals surface area (Å²) >= 11 is 0. The average Bonchev–Trinajstić information content (AvgIpc) is 0.760. The van der Waals surface area contributed by atoms with Gasteiger partial charge in [-0.25, -0.2) is 0 Å². The lowest BCUT2D eigenvalue weighted by atomic mass is 9.80. The summed E-state index contributed by atoms with van der Waals surface area (Å²) in [5, 5.41) is 0. The predicted molar refractivity (Wildman–Crippen MR) is 487 cm³/mol. The molecule has 0 aliphatic rings. The summed E-state index contributed by atoms with van der Waals surface area (Å²) in [6.45, 7) is 33.0. The van der Waals surface area contributed by atoms with E-state index in [0.717, 1.165) is 187 Å². The highest BCUT2D eigenvalue weighted by atomic mass is 16.7. The van der Waals surface area contributed by atoms with Gasteiger partial charge in [-0.15, -0.1) is 0 Å². The van der Waals surface area contributed by atoms with Crippen LogP contribution in [-0.4, -0.2) is 186 Å². The molecule has 0 amide bonds. The second-order valence-corrected chi connectivity index (χ2v) is 31.9. The van der Waals surface area contributed by atoms with Gasteiger partial charge < -0.3 is 75.8 Å². The molecule has 16 heteroatoms. The van der Waals surface area contributed by atoms with E-state index < -0.39 is 84.6 Å². The van der Waals surface area contributed by atoms with Gasteiger partial charge in [0.25, 0.3) is 0 Å². The van der Waals surface area contributed by atoms with Crippen molar-refractivity contribution in [3.05, 3.63) is 215 Å². The molecule has 16 nitrogen and oxygen atoms in total. The fourth-order valence-electron chi connectivity index (χ4n) is 14.9. The Labute approximate surface area is 727 Å². The molecule has 0 aliphatic carbocycles. The highest BCUT2D eigenvalue weighted by molar-refractivity contribution is 5.49. The van der Waals surface area contributed by atoms with Crippen LogP contribution < -0.4 is 0 Å². The molecule has 120 heavy (non-hydrogen) atoms. The van der Waals surface area contributed by atoms with E-state index in [1.54, 1.807) is 0 Å². The Morgan fingerprint density at radius 1 is 0.192 bits per heavy atom. The van der Waals surface area contributed by atoms with Crippen molar-refractivity contribution in [1.29, 1.82) is 0 Å². The molecule has 0 aliphatic heterocycles. The minimum atomic E-state index is -1.03. The van der Waals surface area contributed by atoms with Crippen LogP contribution in [0.5, 0.6) is 0 Å². The van der Waals surface area contributed by atoms with Gasteiger partial charge in [0.2, 0.25) is 0 Å². The van der Waals surface area contributed by atoms with Gasteiger partial charge in [-0.05, 0) is 117 Å². The van der Waals surface area contributed by atoms with Crippen LogP contribution in [0, 0.1) is 0 Å². The first-order valence-corrected chi connectivity index (χ1v) is 47.4. The highest BCUT2D eigenvalue weighted by Gasteiger charge is 2.47. The molecule has 6 rings (SSSR count). The van der Waals surface area contributed by atoms with Crippen LogP contribution >= 0.6 is 0 Å². The third kappa shape index (κ3) is 35.6. The summed E-state index contributed by atoms with van der Waals surface area (Å²) < 4.78 is 117. The summed E-state index contributed by atoms with van der Waals surface area (Å²) in [4.78, 5) is 0. The van der Waals surface area contributed by atoms with Crippen LogP contribution in [0.1, 0.15) is 277 Å². The van der Waals surface area contributed by atoms with Gasteiger partial charge in [0, 0.05) is 85.9 Å². The first kappa shape index (κ1) is 103. The minimum Gasteiger partial charge on any atom is -0.379 e. The topological polar surface area (TPSA) is 148 Å². The summed E-state index contributed by atoms with van der Waals surface area (Å²) in [5.41, 5.74) is 3.98. The number of benzene rings is 6. The van der Waals surface area contributed by atoms with E-state index in [4.69, 9.17) is 75.8 Å². The second kappa shape index (κ2) is 65.3. The van der Waals surface area contributed by atoms with Gasteiger partial charge in [-0.2, -0.15) is 0 Å². The van der Waals surface area contributed by atoms with E-state index >= 15 is 0 Å². The summed E-state index contributed by atoms with van der Waals surface area (Å²) in [7, 11) is 0. The Bertz CT molecular complexity index is 3100. The quantitative estimate of drug-likeness (QED) is 0.0202. The number of rotatable bonds is 77. The zero-order valence-corrected chi connectivity index (χ0v) is 76.5. The molecule has 0 fully saturated rings. The molecule has 0 spiro atoms. The molecule has 0 saturated heterocycles. The summed E-state index contributed by atoms with van der Waals surface area (Å²) in [6.07, 6.45) is 13.8.